The minimum absolute atomic E-state index is 0.153. The van der Waals surface area contributed by atoms with Gasteiger partial charge >= 0.3 is 0 Å². The van der Waals surface area contributed by atoms with Crippen molar-refractivity contribution < 1.29 is 5.11 Å². The van der Waals surface area contributed by atoms with Gasteiger partial charge in [0.15, 0.2) is 0 Å². The third-order valence-electron chi connectivity index (χ3n) is 3.11. The van der Waals surface area contributed by atoms with Gasteiger partial charge < -0.3 is 10.4 Å². The fraction of sp³-hybridized carbons (Fsp3) is 0.750. The number of hydrogen-bond acceptors (Lipinski definition) is 4. The fourth-order valence-electron chi connectivity index (χ4n) is 1.99. The van der Waals surface area contributed by atoms with Gasteiger partial charge in [0.1, 0.15) is 5.01 Å². The first kappa shape index (κ1) is 12.0. The summed E-state index contributed by atoms with van der Waals surface area (Å²) in [5.41, 5.74) is 1.32. The summed E-state index contributed by atoms with van der Waals surface area (Å²) in [6, 6.07) is 0.153. The molecule has 0 amide bonds. The Morgan fingerprint density at radius 3 is 3.19 bits per heavy atom. The maximum Gasteiger partial charge on any atom is 0.107 e. The van der Waals surface area contributed by atoms with Crippen LogP contribution in [0.3, 0.4) is 0 Å². The molecule has 1 aliphatic carbocycles. The van der Waals surface area contributed by atoms with E-state index in [-0.39, 0.29) is 12.6 Å². The van der Waals surface area contributed by atoms with E-state index in [1.165, 1.54) is 28.4 Å². The van der Waals surface area contributed by atoms with Gasteiger partial charge in [0, 0.05) is 17.5 Å². The Morgan fingerprint density at radius 2 is 2.44 bits per heavy atom. The number of fused-ring (bicyclic) bond motifs is 1. The molecule has 90 valence electrons. The lowest BCUT2D eigenvalue weighted by Crippen LogP contribution is -2.28. The van der Waals surface area contributed by atoms with E-state index in [2.05, 4.69) is 17.2 Å². The quantitative estimate of drug-likeness (QED) is 0.842. The van der Waals surface area contributed by atoms with Crippen LogP contribution in [0.15, 0.2) is 0 Å². The first-order valence-electron chi connectivity index (χ1n) is 6.00. The first-order chi connectivity index (χ1) is 7.69. The molecule has 0 saturated heterocycles. The number of thiazole rings is 1. The number of aryl methyl sites for hydroxylation is 1. The van der Waals surface area contributed by atoms with Gasteiger partial charge in [0.25, 0.3) is 0 Å². The van der Waals surface area contributed by atoms with Crippen molar-refractivity contribution in [2.75, 3.05) is 6.61 Å². The Balaban J connectivity index is 1.96. The van der Waals surface area contributed by atoms with E-state index in [1.807, 2.05) is 18.3 Å². The van der Waals surface area contributed by atoms with Crippen LogP contribution in [-0.4, -0.2) is 22.7 Å². The Bertz CT molecular complexity index is 351. The van der Waals surface area contributed by atoms with Crippen LogP contribution in [0.4, 0.5) is 0 Å². The van der Waals surface area contributed by atoms with Crippen molar-refractivity contribution in [3.8, 4) is 0 Å². The molecule has 0 spiro atoms. The number of aromatic nitrogens is 1. The molecule has 2 atom stereocenters. The summed E-state index contributed by atoms with van der Waals surface area (Å²) < 4.78 is 0. The lowest BCUT2D eigenvalue weighted by molar-refractivity contribution is 0.251. The number of hydrogen-bond donors (Lipinski definition) is 2. The molecule has 0 aromatic carbocycles. The van der Waals surface area contributed by atoms with Gasteiger partial charge in [-0.25, -0.2) is 4.98 Å². The molecule has 1 aromatic heterocycles. The van der Waals surface area contributed by atoms with Crippen LogP contribution < -0.4 is 5.32 Å². The predicted octanol–water partition coefficient (Wildman–Crippen LogP) is 1.74. The highest BCUT2D eigenvalue weighted by Crippen LogP contribution is 2.29. The molecule has 0 aliphatic heterocycles. The molecule has 0 saturated carbocycles. The van der Waals surface area contributed by atoms with Crippen LogP contribution in [0.25, 0.3) is 0 Å². The maximum atomic E-state index is 8.93. The highest BCUT2D eigenvalue weighted by Gasteiger charge is 2.19. The average molecular weight is 240 g/mol. The van der Waals surface area contributed by atoms with Gasteiger partial charge in [-0.15, -0.1) is 11.3 Å². The Kier molecular flexibility index (Phi) is 3.95. The smallest absolute Gasteiger partial charge is 0.107 e. The second-order valence-corrected chi connectivity index (χ2v) is 5.96. The van der Waals surface area contributed by atoms with Crippen molar-refractivity contribution in [3.63, 3.8) is 0 Å². The van der Waals surface area contributed by atoms with Crippen molar-refractivity contribution in [1.29, 1.82) is 0 Å². The van der Waals surface area contributed by atoms with Gasteiger partial charge in [-0.1, -0.05) is 6.92 Å². The van der Waals surface area contributed by atoms with Crippen molar-refractivity contribution in [2.24, 2.45) is 5.92 Å². The van der Waals surface area contributed by atoms with E-state index in [9.17, 15) is 0 Å². The Labute approximate surface area is 101 Å². The zero-order valence-electron chi connectivity index (χ0n) is 9.99. The molecule has 1 aromatic rings. The molecule has 2 N–H and O–H groups in total. The second kappa shape index (κ2) is 5.25. The summed E-state index contributed by atoms with van der Waals surface area (Å²) in [5.74, 6) is 0.810. The molecular formula is C12H20N2OS. The molecule has 1 unspecified atom stereocenters. The van der Waals surface area contributed by atoms with Gasteiger partial charge in [-0.2, -0.15) is 0 Å². The normalized spacial score (nSPS) is 21.8. The highest BCUT2D eigenvalue weighted by atomic mass is 32.1. The number of rotatable bonds is 4. The topological polar surface area (TPSA) is 45.2 Å². The summed E-state index contributed by atoms with van der Waals surface area (Å²) in [6.07, 6.45) is 3.61. The fourth-order valence-corrected chi connectivity index (χ4v) is 3.22. The summed E-state index contributed by atoms with van der Waals surface area (Å²) in [5, 5.41) is 13.4. The molecule has 1 aliphatic rings. The van der Waals surface area contributed by atoms with Gasteiger partial charge in [0.05, 0.1) is 12.3 Å². The summed E-state index contributed by atoms with van der Waals surface area (Å²) in [6.45, 7) is 5.26. The van der Waals surface area contributed by atoms with E-state index in [4.69, 9.17) is 5.11 Å². The molecule has 3 nitrogen and oxygen atoms in total. The van der Waals surface area contributed by atoms with Gasteiger partial charge in [0.2, 0.25) is 0 Å². The molecule has 4 heteroatoms. The molecule has 0 bridgehead atoms. The zero-order chi connectivity index (χ0) is 11.5. The van der Waals surface area contributed by atoms with E-state index < -0.39 is 0 Å². The maximum absolute atomic E-state index is 8.93. The molecular weight excluding hydrogens is 220 g/mol. The van der Waals surface area contributed by atoms with Gasteiger partial charge in [-0.05, 0) is 32.1 Å². The first-order valence-corrected chi connectivity index (χ1v) is 6.82. The summed E-state index contributed by atoms with van der Waals surface area (Å²) in [4.78, 5) is 6.14. The molecule has 0 radical (unpaired) electrons. The number of aliphatic hydroxyl groups excluding tert-OH is 1. The van der Waals surface area contributed by atoms with Crippen LogP contribution in [0.2, 0.25) is 0 Å². The minimum Gasteiger partial charge on any atom is -0.395 e. The van der Waals surface area contributed by atoms with Crippen LogP contribution in [0, 0.1) is 5.92 Å². The van der Waals surface area contributed by atoms with Crippen LogP contribution >= 0.6 is 11.3 Å². The van der Waals surface area contributed by atoms with E-state index >= 15 is 0 Å². The molecule has 2 rings (SSSR count). The highest BCUT2D eigenvalue weighted by molar-refractivity contribution is 7.11. The third kappa shape index (κ3) is 2.81. The van der Waals surface area contributed by atoms with E-state index in [0.29, 0.717) is 0 Å². The summed E-state index contributed by atoms with van der Waals surface area (Å²) in [7, 11) is 0. The molecule has 1 heterocycles. The summed E-state index contributed by atoms with van der Waals surface area (Å²) >= 11 is 1.84. The lowest BCUT2D eigenvalue weighted by Gasteiger charge is -2.15. The monoisotopic (exact) mass is 240 g/mol. The van der Waals surface area contributed by atoms with E-state index in [0.717, 1.165) is 18.9 Å². The van der Waals surface area contributed by atoms with E-state index in [1.54, 1.807) is 0 Å². The van der Waals surface area contributed by atoms with Crippen molar-refractivity contribution in [1.82, 2.24) is 10.3 Å². The minimum atomic E-state index is 0.153. The Hall–Kier alpha value is -0.450. The number of aliphatic hydroxyl groups is 1. The van der Waals surface area contributed by atoms with Crippen LogP contribution in [-0.2, 0) is 19.4 Å². The standard InChI is InChI=1S/C12H20N2OS/c1-8-3-4-10-11(5-8)16-12(14-10)6-13-9(2)7-15/h8-9,13,15H,3-7H2,1-2H3/t8?,9-/m1/s1. The zero-order valence-corrected chi connectivity index (χ0v) is 10.8. The lowest BCUT2D eigenvalue weighted by atomic mass is 9.93. The number of nitrogens with one attached hydrogen (secondary N) is 1. The van der Waals surface area contributed by atoms with Crippen LogP contribution in [0.5, 0.6) is 0 Å². The largest absolute Gasteiger partial charge is 0.395 e. The van der Waals surface area contributed by atoms with Crippen LogP contribution in [0.1, 0.15) is 35.8 Å². The average Bonchev–Trinajstić information content (AvgIpc) is 2.67. The molecule has 0 fully saturated rings. The second-order valence-electron chi connectivity index (χ2n) is 4.79. The molecule has 16 heavy (non-hydrogen) atoms. The van der Waals surface area contributed by atoms with Gasteiger partial charge in [-0.3, -0.25) is 0 Å². The SMILES string of the molecule is CC1CCc2nc(CN[C@H](C)CO)sc2C1. The van der Waals surface area contributed by atoms with Crippen molar-refractivity contribution in [2.45, 2.75) is 45.7 Å². The third-order valence-corrected chi connectivity index (χ3v) is 4.23. The van der Waals surface area contributed by atoms with Crippen molar-refractivity contribution in [3.05, 3.63) is 15.6 Å². The Morgan fingerprint density at radius 1 is 1.62 bits per heavy atom. The predicted molar refractivity (Wildman–Crippen MR) is 66.7 cm³/mol. The number of nitrogens with zero attached hydrogens (tertiary/aromatic N) is 1. The van der Waals surface area contributed by atoms with Crippen molar-refractivity contribution >= 4 is 11.3 Å².